The van der Waals surface area contributed by atoms with Gasteiger partial charge in [0.25, 0.3) is 0 Å². The molecule has 1 N–H and O–H groups in total. The zero-order chi connectivity index (χ0) is 17.0. The van der Waals surface area contributed by atoms with Crippen LogP contribution in [0.5, 0.6) is 0 Å². The molecule has 2 aromatic rings. The molecule has 7 heteroatoms. The zero-order valence-electron chi connectivity index (χ0n) is 13.5. The Balaban J connectivity index is 1.66. The molecule has 5 nitrogen and oxygen atoms in total. The first-order valence-electron chi connectivity index (χ1n) is 7.85. The van der Waals surface area contributed by atoms with Gasteiger partial charge in [-0.05, 0) is 35.9 Å². The number of hydrogen-bond acceptors (Lipinski definition) is 5. The number of rotatable bonds is 6. The Bertz CT molecular complexity index is 758. The highest BCUT2D eigenvalue weighted by molar-refractivity contribution is 7.91. The fourth-order valence-electron chi connectivity index (χ4n) is 2.59. The summed E-state index contributed by atoms with van der Waals surface area (Å²) in [5.41, 5.74) is 2.00. The number of benzene rings is 1. The fourth-order valence-corrected chi connectivity index (χ4v) is 5.14. The van der Waals surface area contributed by atoms with Gasteiger partial charge in [-0.3, -0.25) is 0 Å². The fraction of sp³-hybridized carbons (Fsp3) is 0.412. The SMILES string of the molecule is Cc1csc(S(=O)(=O)N[C@H]2CCOC[C@@H]2OCc2ccccc2)c1. The van der Waals surface area contributed by atoms with Gasteiger partial charge in [-0.2, -0.15) is 0 Å². The minimum atomic E-state index is -3.52. The topological polar surface area (TPSA) is 64.6 Å². The van der Waals surface area contributed by atoms with Gasteiger partial charge in [0.15, 0.2) is 0 Å². The van der Waals surface area contributed by atoms with Gasteiger partial charge in [0.05, 0.1) is 25.4 Å². The summed E-state index contributed by atoms with van der Waals surface area (Å²) in [6.07, 6.45) is 0.304. The third kappa shape index (κ3) is 4.43. The highest BCUT2D eigenvalue weighted by Gasteiger charge is 2.31. The monoisotopic (exact) mass is 367 g/mol. The van der Waals surface area contributed by atoms with E-state index < -0.39 is 10.0 Å². The van der Waals surface area contributed by atoms with Crippen LogP contribution in [0.1, 0.15) is 17.5 Å². The van der Waals surface area contributed by atoms with Crippen molar-refractivity contribution in [3.8, 4) is 0 Å². The van der Waals surface area contributed by atoms with Gasteiger partial charge in [0.1, 0.15) is 4.21 Å². The predicted molar refractivity (Wildman–Crippen MR) is 93.6 cm³/mol. The van der Waals surface area contributed by atoms with Crippen molar-refractivity contribution in [2.45, 2.75) is 36.3 Å². The second-order valence-electron chi connectivity index (χ2n) is 5.87. The van der Waals surface area contributed by atoms with Gasteiger partial charge in [0.2, 0.25) is 10.0 Å². The molecule has 130 valence electrons. The number of ether oxygens (including phenoxy) is 2. The zero-order valence-corrected chi connectivity index (χ0v) is 15.1. The minimum absolute atomic E-state index is 0.283. The average molecular weight is 367 g/mol. The largest absolute Gasteiger partial charge is 0.379 e. The molecule has 0 bridgehead atoms. The second-order valence-corrected chi connectivity index (χ2v) is 8.72. The summed E-state index contributed by atoms with van der Waals surface area (Å²) in [5, 5.41) is 1.84. The Hall–Kier alpha value is -1.25. The highest BCUT2D eigenvalue weighted by Crippen LogP contribution is 2.22. The first-order valence-corrected chi connectivity index (χ1v) is 10.2. The van der Waals surface area contributed by atoms with E-state index in [0.29, 0.717) is 30.5 Å². The number of aryl methyl sites for hydroxylation is 1. The molecule has 0 amide bonds. The maximum atomic E-state index is 12.5. The van der Waals surface area contributed by atoms with Crippen LogP contribution < -0.4 is 4.72 Å². The summed E-state index contributed by atoms with van der Waals surface area (Å²) in [4.78, 5) is 0. The third-order valence-corrected chi connectivity index (χ3v) is 6.94. The van der Waals surface area contributed by atoms with E-state index in [1.165, 1.54) is 11.3 Å². The highest BCUT2D eigenvalue weighted by atomic mass is 32.2. The van der Waals surface area contributed by atoms with Crippen molar-refractivity contribution in [2.24, 2.45) is 0 Å². The summed E-state index contributed by atoms with van der Waals surface area (Å²) < 4.78 is 39.6. The van der Waals surface area contributed by atoms with Crippen LogP contribution in [0.3, 0.4) is 0 Å². The van der Waals surface area contributed by atoms with Crippen LogP contribution >= 0.6 is 11.3 Å². The van der Waals surface area contributed by atoms with Crippen molar-refractivity contribution in [1.82, 2.24) is 4.72 Å². The number of nitrogens with one attached hydrogen (secondary N) is 1. The van der Waals surface area contributed by atoms with Crippen molar-refractivity contribution >= 4 is 21.4 Å². The molecule has 0 saturated carbocycles. The summed E-state index contributed by atoms with van der Waals surface area (Å²) in [6, 6.07) is 11.2. The standard InChI is InChI=1S/C17H21NO4S2/c1-13-9-17(23-12-13)24(19,20)18-15-7-8-21-11-16(15)22-10-14-5-3-2-4-6-14/h2-6,9,12,15-16,18H,7-8,10-11H2,1H3/t15-,16-/m0/s1. The van der Waals surface area contributed by atoms with Crippen LogP contribution in [0.25, 0.3) is 0 Å². The van der Waals surface area contributed by atoms with Gasteiger partial charge in [-0.1, -0.05) is 30.3 Å². The summed E-state index contributed by atoms with van der Waals surface area (Å²) in [7, 11) is -3.52. The molecule has 3 rings (SSSR count). The molecule has 1 aliphatic rings. The van der Waals surface area contributed by atoms with E-state index in [4.69, 9.17) is 9.47 Å². The van der Waals surface area contributed by atoms with Crippen LogP contribution in [0.2, 0.25) is 0 Å². The molecule has 0 aliphatic carbocycles. The van der Waals surface area contributed by atoms with E-state index in [9.17, 15) is 8.42 Å². The molecule has 1 aromatic heterocycles. The van der Waals surface area contributed by atoms with E-state index in [0.717, 1.165) is 11.1 Å². The van der Waals surface area contributed by atoms with Gasteiger partial charge >= 0.3 is 0 Å². The molecule has 1 aromatic carbocycles. The van der Waals surface area contributed by atoms with Crippen LogP contribution in [0, 0.1) is 6.92 Å². The molecule has 0 radical (unpaired) electrons. The van der Waals surface area contributed by atoms with E-state index in [1.54, 1.807) is 6.07 Å². The van der Waals surface area contributed by atoms with E-state index in [1.807, 2.05) is 42.6 Å². The van der Waals surface area contributed by atoms with Crippen molar-refractivity contribution in [2.75, 3.05) is 13.2 Å². The van der Waals surface area contributed by atoms with Crippen molar-refractivity contribution < 1.29 is 17.9 Å². The molecule has 0 spiro atoms. The summed E-state index contributed by atoms with van der Waals surface area (Å²) in [5.74, 6) is 0. The van der Waals surface area contributed by atoms with Crippen molar-refractivity contribution in [1.29, 1.82) is 0 Å². The summed E-state index contributed by atoms with van der Waals surface area (Å²) >= 11 is 1.23. The van der Waals surface area contributed by atoms with Gasteiger partial charge in [-0.25, -0.2) is 13.1 Å². The molecule has 1 aliphatic heterocycles. The Morgan fingerprint density at radius 1 is 1.33 bits per heavy atom. The maximum Gasteiger partial charge on any atom is 0.250 e. The van der Waals surface area contributed by atoms with Crippen LogP contribution in [-0.4, -0.2) is 33.8 Å². The van der Waals surface area contributed by atoms with Gasteiger partial charge in [0, 0.05) is 6.61 Å². The first-order chi connectivity index (χ1) is 11.5. The Morgan fingerprint density at radius 2 is 2.12 bits per heavy atom. The number of thiophene rings is 1. The Labute approximate surface area is 146 Å². The lowest BCUT2D eigenvalue weighted by molar-refractivity contribution is -0.0711. The van der Waals surface area contributed by atoms with Crippen LogP contribution in [0.4, 0.5) is 0 Å². The van der Waals surface area contributed by atoms with Crippen LogP contribution in [-0.2, 0) is 26.1 Å². The molecule has 1 fully saturated rings. The van der Waals surface area contributed by atoms with Gasteiger partial charge in [-0.15, -0.1) is 11.3 Å². The van der Waals surface area contributed by atoms with E-state index >= 15 is 0 Å². The normalized spacial score (nSPS) is 21.7. The van der Waals surface area contributed by atoms with Crippen molar-refractivity contribution in [3.05, 3.63) is 52.9 Å². The Kier molecular flexibility index (Phi) is 5.68. The number of sulfonamides is 1. The van der Waals surface area contributed by atoms with Crippen LogP contribution in [0.15, 0.2) is 46.0 Å². The third-order valence-electron chi connectivity index (χ3n) is 3.89. The first kappa shape index (κ1) is 17.6. The molecule has 24 heavy (non-hydrogen) atoms. The van der Waals surface area contributed by atoms with Gasteiger partial charge < -0.3 is 9.47 Å². The lowest BCUT2D eigenvalue weighted by Gasteiger charge is -2.31. The quantitative estimate of drug-likeness (QED) is 0.853. The second kappa shape index (κ2) is 7.76. The van der Waals surface area contributed by atoms with Crippen molar-refractivity contribution in [3.63, 3.8) is 0 Å². The van der Waals surface area contributed by atoms with E-state index in [-0.39, 0.29) is 12.1 Å². The Morgan fingerprint density at radius 3 is 2.83 bits per heavy atom. The predicted octanol–water partition coefficient (Wildman–Crippen LogP) is 2.71. The molecule has 1 saturated heterocycles. The molecular formula is C17H21NO4S2. The van der Waals surface area contributed by atoms with E-state index in [2.05, 4.69) is 4.72 Å². The molecule has 0 unspecified atom stereocenters. The smallest absolute Gasteiger partial charge is 0.250 e. The number of hydrogen-bond donors (Lipinski definition) is 1. The summed E-state index contributed by atoms with van der Waals surface area (Å²) in [6.45, 7) is 3.24. The lowest BCUT2D eigenvalue weighted by atomic mass is 10.1. The average Bonchev–Trinajstić information content (AvgIpc) is 3.02. The minimum Gasteiger partial charge on any atom is -0.379 e. The lowest BCUT2D eigenvalue weighted by Crippen LogP contribution is -2.49. The maximum absolute atomic E-state index is 12.5. The molecule has 2 heterocycles. The molecular weight excluding hydrogens is 346 g/mol. The molecule has 2 atom stereocenters.